The molecule has 0 bridgehead atoms. The molecule has 2 N–H and O–H groups in total. The maximum absolute atomic E-state index is 4.58. The van der Waals surface area contributed by atoms with E-state index in [1.807, 2.05) is 49.4 Å². The van der Waals surface area contributed by atoms with Crippen molar-refractivity contribution in [2.75, 3.05) is 10.6 Å². The maximum Gasteiger partial charge on any atom is 0.225 e. The Kier molecular flexibility index (Phi) is 5.06. The zero-order valence-electron chi connectivity index (χ0n) is 14.0. The van der Waals surface area contributed by atoms with Gasteiger partial charge in [0.05, 0.1) is 6.04 Å². The van der Waals surface area contributed by atoms with E-state index in [2.05, 4.69) is 51.8 Å². The lowest BCUT2D eigenvalue weighted by Gasteiger charge is -2.15. The van der Waals surface area contributed by atoms with Crippen LogP contribution < -0.4 is 10.6 Å². The van der Waals surface area contributed by atoms with Crippen molar-refractivity contribution in [2.45, 2.75) is 26.4 Å². The second-order valence-corrected chi connectivity index (χ2v) is 5.83. The highest BCUT2D eigenvalue weighted by Gasteiger charge is 2.08. The van der Waals surface area contributed by atoms with Gasteiger partial charge in [0.1, 0.15) is 5.82 Å². The van der Waals surface area contributed by atoms with Crippen LogP contribution in [0.3, 0.4) is 0 Å². The molecule has 0 aliphatic carbocycles. The summed E-state index contributed by atoms with van der Waals surface area (Å²) in [6.45, 7) is 4.83. The Morgan fingerprint density at radius 1 is 0.917 bits per heavy atom. The van der Waals surface area contributed by atoms with Crippen molar-refractivity contribution >= 4 is 11.8 Å². The minimum atomic E-state index is 0.148. The van der Waals surface area contributed by atoms with Crippen LogP contribution in [-0.2, 0) is 6.54 Å². The highest BCUT2D eigenvalue weighted by molar-refractivity contribution is 5.44. The predicted molar refractivity (Wildman–Crippen MR) is 99.0 cm³/mol. The summed E-state index contributed by atoms with van der Waals surface area (Å²) in [7, 11) is 0. The first-order chi connectivity index (χ1) is 11.7. The van der Waals surface area contributed by atoms with E-state index in [4.69, 9.17) is 0 Å². The molecule has 0 aliphatic heterocycles. The summed E-state index contributed by atoms with van der Waals surface area (Å²) >= 11 is 0. The molecule has 0 aliphatic rings. The molecule has 0 saturated heterocycles. The van der Waals surface area contributed by atoms with E-state index >= 15 is 0 Å². The predicted octanol–water partition coefficient (Wildman–Crippen LogP) is 4.57. The first-order valence-electron chi connectivity index (χ1n) is 8.15. The Morgan fingerprint density at radius 3 is 2.29 bits per heavy atom. The number of nitrogens with one attached hydrogen (secondary N) is 2. The standard InChI is InChI=1S/C20H22N4/c1-15-13-19(21-14-17-9-5-3-6-10-17)24-20(22-15)23-16(2)18-11-7-4-8-12-18/h3-13,16H,14H2,1-2H3,(H2,21,22,23,24). The maximum atomic E-state index is 4.58. The van der Waals surface area contributed by atoms with Gasteiger partial charge in [0.25, 0.3) is 0 Å². The van der Waals surface area contributed by atoms with Gasteiger partial charge in [0, 0.05) is 18.3 Å². The van der Waals surface area contributed by atoms with Gasteiger partial charge in [-0.3, -0.25) is 0 Å². The summed E-state index contributed by atoms with van der Waals surface area (Å²) in [5, 5.41) is 6.74. The van der Waals surface area contributed by atoms with E-state index < -0.39 is 0 Å². The van der Waals surface area contributed by atoms with Crippen molar-refractivity contribution in [3.05, 3.63) is 83.6 Å². The molecule has 1 unspecified atom stereocenters. The fraction of sp³-hybridized carbons (Fsp3) is 0.200. The van der Waals surface area contributed by atoms with Gasteiger partial charge in [-0.15, -0.1) is 0 Å². The van der Waals surface area contributed by atoms with E-state index in [9.17, 15) is 0 Å². The van der Waals surface area contributed by atoms with Crippen LogP contribution in [0.5, 0.6) is 0 Å². The molecular weight excluding hydrogens is 296 g/mol. The van der Waals surface area contributed by atoms with Crippen LogP contribution in [0.15, 0.2) is 66.7 Å². The summed E-state index contributed by atoms with van der Waals surface area (Å²) in [4.78, 5) is 9.07. The van der Waals surface area contributed by atoms with Crippen LogP contribution in [-0.4, -0.2) is 9.97 Å². The highest BCUT2D eigenvalue weighted by atomic mass is 15.2. The van der Waals surface area contributed by atoms with Crippen molar-refractivity contribution in [2.24, 2.45) is 0 Å². The lowest BCUT2D eigenvalue weighted by molar-refractivity contribution is 0.856. The third kappa shape index (κ3) is 4.32. The van der Waals surface area contributed by atoms with Crippen LogP contribution in [0.1, 0.15) is 29.8 Å². The normalized spacial score (nSPS) is 11.8. The molecular formula is C20H22N4. The lowest BCUT2D eigenvalue weighted by Crippen LogP contribution is -2.11. The van der Waals surface area contributed by atoms with Gasteiger partial charge >= 0.3 is 0 Å². The first-order valence-corrected chi connectivity index (χ1v) is 8.15. The van der Waals surface area contributed by atoms with Crippen molar-refractivity contribution in [3.8, 4) is 0 Å². The summed E-state index contributed by atoms with van der Waals surface area (Å²) < 4.78 is 0. The van der Waals surface area contributed by atoms with E-state index in [-0.39, 0.29) is 6.04 Å². The largest absolute Gasteiger partial charge is 0.366 e. The van der Waals surface area contributed by atoms with Gasteiger partial charge in [0.15, 0.2) is 0 Å². The molecule has 2 aromatic carbocycles. The minimum absolute atomic E-state index is 0.148. The number of hydrogen-bond acceptors (Lipinski definition) is 4. The minimum Gasteiger partial charge on any atom is -0.366 e. The number of rotatable bonds is 6. The number of hydrogen-bond donors (Lipinski definition) is 2. The molecule has 122 valence electrons. The van der Waals surface area contributed by atoms with Gasteiger partial charge in [-0.25, -0.2) is 4.98 Å². The summed E-state index contributed by atoms with van der Waals surface area (Å²) in [5.74, 6) is 1.47. The Balaban J connectivity index is 1.69. The lowest BCUT2D eigenvalue weighted by atomic mass is 10.1. The Bertz CT molecular complexity index is 772. The summed E-state index contributed by atoms with van der Waals surface area (Å²) in [5.41, 5.74) is 3.37. The number of anilines is 2. The monoisotopic (exact) mass is 318 g/mol. The van der Waals surface area contributed by atoms with Gasteiger partial charge in [-0.1, -0.05) is 60.7 Å². The SMILES string of the molecule is Cc1cc(NCc2ccccc2)nc(NC(C)c2ccccc2)n1. The molecule has 0 spiro atoms. The zero-order chi connectivity index (χ0) is 16.8. The van der Waals surface area contributed by atoms with Crippen LogP contribution in [0.4, 0.5) is 11.8 Å². The molecule has 4 heteroatoms. The number of aromatic nitrogens is 2. The van der Waals surface area contributed by atoms with Crippen LogP contribution in [0, 0.1) is 6.92 Å². The van der Waals surface area contributed by atoms with Crippen LogP contribution in [0.2, 0.25) is 0 Å². The third-order valence-electron chi connectivity index (χ3n) is 3.82. The Hall–Kier alpha value is -2.88. The smallest absolute Gasteiger partial charge is 0.225 e. The average Bonchev–Trinajstić information content (AvgIpc) is 2.61. The molecule has 4 nitrogen and oxygen atoms in total. The Morgan fingerprint density at radius 2 is 1.58 bits per heavy atom. The van der Waals surface area contributed by atoms with Gasteiger partial charge in [-0.2, -0.15) is 4.98 Å². The summed E-state index contributed by atoms with van der Waals surface area (Å²) in [6.07, 6.45) is 0. The fourth-order valence-corrected chi connectivity index (χ4v) is 2.53. The molecule has 1 heterocycles. The molecule has 1 atom stereocenters. The highest BCUT2D eigenvalue weighted by Crippen LogP contribution is 2.18. The second-order valence-electron chi connectivity index (χ2n) is 5.83. The van der Waals surface area contributed by atoms with Crippen LogP contribution in [0.25, 0.3) is 0 Å². The van der Waals surface area contributed by atoms with E-state index in [1.54, 1.807) is 0 Å². The van der Waals surface area contributed by atoms with Gasteiger partial charge in [0.2, 0.25) is 5.95 Å². The number of aryl methyl sites for hydroxylation is 1. The molecule has 1 aromatic heterocycles. The molecule has 3 rings (SSSR count). The number of benzene rings is 2. The van der Waals surface area contributed by atoms with Crippen molar-refractivity contribution < 1.29 is 0 Å². The second kappa shape index (κ2) is 7.59. The van der Waals surface area contributed by atoms with E-state index in [0.29, 0.717) is 5.95 Å². The molecule has 0 saturated carbocycles. The van der Waals surface area contributed by atoms with E-state index in [1.165, 1.54) is 11.1 Å². The fourth-order valence-electron chi connectivity index (χ4n) is 2.53. The molecule has 3 aromatic rings. The topological polar surface area (TPSA) is 49.8 Å². The Labute approximate surface area is 143 Å². The molecule has 0 amide bonds. The first kappa shape index (κ1) is 16.0. The molecule has 24 heavy (non-hydrogen) atoms. The van der Waals surface area contributed by atoms with E-state index in [0.717, 1.165) is 18.1 Å². The third-order valence-corrected chi connectivity index (χ3v) is 3.82. The number of nitrogens with zero attached hydrogens (tertiary/aromatic N) is 2. The van der Waals surface area contributed by atoms with Crippen molar-refractivity contribution in [3.63, 3.8) is 0 Å². The summed E-state index contributed by atoms with van der Waals surface area (Å²) in [6, 6.07) is 22.7. The average molecular weight is 318 g/mol. The molecule has 0 fully saturated rings. The molecule has 0 radical (unpaired) electrons. The zero-order valence-corrected chi connectivity index (χ0v) is 14.0. The van der Waals surface area contributed by atoms with Crippen LogP contribution >= 0.6 is 0 Å². The van der Waals surface area contributed by atoms with Crippen molar-refractivity contribution in [1.82, 2.24) is 9.97 Å². The van der Waals surface area contributed by atoms with Gasteiger partial charge in [-0.05, 0) is 25.0 Å². The van der Waals surface area contributed by atoms with Crippen molar-refractivity contribution in [1.29, 1.82) is 0 Å². The van der Waals surface area contributed by atoms with Gasteiger partial charge < -0.3 is 10.6 Å². The quantitative estimate of drug-likeness (QED) is 0.699.